The molecule has 0 fully saturated rings. The fourth-order valence-corrected chi connectivity index (χ4v) is 3.71. The number of fused-ring (bicyclic) bond motifs is 1. The highest BCUT2D eigenvalue weighted by molar-refractivity contribution is 9.10. The molecule has 0 spiro atoms. The van der Waals surface area contributed by atoms with E-state index in [0.29, 0.717) is 6.04 Å². The maximum absolute atomic E-state index is 4.66. The summed E-state index contributed by atoms with van der Waals surface area (Å²) in [6.07, 6.45) is 2.41. The number of nitrogens with zero attached hydrogens (tertiary/aromatic N) is 2. The molecule has 116 valence electrons. The Kier molecular flexibility index (Phi) is 6.45. The second-order valence-electron chi connectivity index (χ2n) is 5.35. The van der Waals surface area contributed by atoms with E-state index in [0.717, 1.165) is 28.2 Å². The number of thiazole rings is 1. The van der Waals surface area contributed by atoms with Gasteiger partial charge in [0.05, 0.1) is 10.2 Å². The fourth-order valence-electron chi connectivity index (χ4n) is 2.41. The third kappa shape index (κ3) is 4.94. The first-order valence-corrected chi connectivity index (χ1v) is 9.28. The summed E-state index contributed by atoms with van der Waals surface area (Å²) in [6.45, 7) is 10.2. The van der Waals surface area contributed by atoms with E-state index in [1.165, 1.54) is 24.1 Å². The van der Waals surface area contributed by atoms with Gasteiger partial charge in [-0.2, -0.15) is 0 Å². The van der Waals surface area contributed by atoms with Crippen LogP contribution in [0.5, 0.6) is 0 Å². The van der Waals surface area contributed by atoms with Crippen LogP contribution in [0.4, 0.5) is 5.13 Å². The topological polar surface area (TPSA) is 28.2 Å². The molecule has 0 saturated heterocycles. The van der Waals surface area contributed by atoms with Gasteiger partial charge in [0.2, 0.25) is 0 Å². The van der Waals surface area contributed by atoms with E-state index >= 15 is 0 Å². The highest BCUT2D eigenvalue weighted by atomic mass is 79.9. The SMILES string of the molecule is CCN(CC)CCCC(C)Nc1nc2cc(Br)ccc2s1. The Hall–Kier alpha value is -0.650. The standard InChI is InChI=1S/C16H24BrN3S/c1-4-20(5-2)10-6-7-12(3)18-16-19-14-11-13(17)8-9-15(14)21-16/h8-9,11-12H,4-7,10H2,1-3H3,(H,18,19). The number of rotatable bonds is 8. The van der Waals surface area contributed by atoms with Gasteiger partial charge in [-0.3, -0.25) is 0 Å². The summed E-state index contributed by atoms with van der Waals surface area (Å²) in [5, 5.41) is 4.56. The molecule has 3 nitrogen and oxygen atoms in total. The lowest BCUT2D eigenvalue weighted by Crippen LogP contribution is -2.25. The lowest BCUT2D eigenvalue weighted by Gasteiger charge is -2.19. The van der Waals surface area contributed by atoms with E-state index in [1.807, 2.05) is 0 Å². The molecular formula is C16H24BrN3S. The minimum Gasteiger partial charge on any atom is -0.359 e. The van der Waals surface area contributed by atoms with Crippen molar-refractivity contribution in [2.75, 3.05) is 25.0 Å². The van der Waals surface area contributed by atoms with Crippen LogP contribution in [-0.4, -0.2) is 35.6 Å². The first-order chi connectivity index (χ1) is 10.1. The third-order valence-electron chi connectivity index (χ3n) is 3.73. The number of benzene rings is 1. The molecule has 2 rings (SSSR count). The van der Waals surface area contributed by atoms with Crippen molar-refractivity contribution in [1.29, 1.82) is 0 Å². The Morgan fingerprint density at radius 2 is 2.10 bits per heavy atom. The first-order valence-electron chi connectivity index (χ1n) is 7.67. The van der Waals surface area contributed by atoms with Gasteiger partial charge in [0.25, 0.3) is 0 Å². The molecule has 5 heteroatoms. The maximum atomic E-state index is 4.66. The van der Waals surface area contributed by atoms with Crippen LogP contribution in [0, 0.1) is 0 Å². The smallest absolute Gasteiger partial charge is 0.183 e. The Bertz CT molecular complexity index is 566. The van der Waals surface area contributed by atoms with Gasteiger partial charge in [0.1, 0.15) is 0 Å². The molecule has 21 heavy (non-hydrogen) atoms. The summed E-state index contributed by atoms with van der Waals surface area (Å²) in [6, 6.07) is 6.72. The van der Waals surface area contributed by atoms with Crippen molar-refractivity contribution < 1.29 is 0 Å². The van der Waals surface area contributed by atoms with Gasteiger partial charge in [-0.1, -0.05) is 41.1 Å². The Morgan fingerprint density at radius 1 is 1.33 bits per heavy atom. The number of anilines is 1. The third-order valence-corrected chi connectivity index (χ3v) is 5.19. The second kappa shape index (κ2) is 8.11. The van der Waals surface area contributed by atoms with E-state index in [2.05, 4.69) is 70.1 Å². The fraction of sp³-hybridized carbons (Fsp3) is 0.562. The normalized spacial score (nSPS) is 13.0. The van der Waals surface area contributed by atoms with Gasteiger partial charge in [0.15, 0.2) is 5.13 Å². The van der Waals surface area contributed by atoms with Gasteiger partial charge in [-0.25, -0.2) is 4.98 Å². The van der Waals surface area contributed by atoms with E-state index < -0.39 is 0 Å². The zero-order valence-corrected chi connectivity index (χ0v) is 15.4. The van der Waals surface area contributed by atoms with E-state index in [-0.39, 0.29) is 0 Å². The molecule has 2 aromatic rings. The van der Waals surface area contributed by atoms with Crippen LogP contribution in [-0.2, 0) is 0 Å². The molecule has 0 bridgehead atoms. The summed E-state index contributed by atoms with van der Waals surface area (Å²) in [5.74, 6) is 0. The summed E-state index contributed by atoms with van der Waals surface area (Å²) >= 11 is 5.22. The summed E-state index contributed by atoms with van der Waals surface area (Å²) in [4.78, 5) is 7.13. The van der Waals surface area contributed by atoms with E-state index in [1.54, 1.807) is 11.3 Å². The molecule has 0 aliphatic rings. The molecule has 0 amide bonds. The average Bonchev–Trinajstić information content (AvgIpc) is 2.84. The minimum atomic E-state index is 0.463. The number of hydrogen-bond donors (Lipinski definition) is 1. The largest absolute Gasteiger partial charge is 0.359 e. The second-order valence-corrected chi connectivity index (χ2v) is 7.29. The zero-order chi connectivity index (χ0) is 15.2. The highest BCUT2D eigenvalue weighted by Gasteiger charge is 2.08. The van der Waals surface area contributed by atoms with Gasteiger partial charge < -0.3 is 10.2 Å². The van der Waals surface area contributed by atoms with Crippen molar-refractivity contribution >= 4 is 42.6 Å². The van der Waals surface area contributed by atoms with Crippen molar-refractivity contribution in [2.24, 2.45) is 0 Å². The van der Waals surface area contributed by atoms with Crippen LogP contribution in [0.2, 0.25) is 0 Å². The molecule has 0 aliphatic carbocycles. The molecule has 0 aliphatic heterocycles. The van der Waals surface area contributed by atoms with Crippen molar-refractivity contribution in [3.05, 3.63) is 22.7 Å². The monoisotopic (exact) mass is 369 g/mol. The lowest BCUT2D eigenvalue weighted by atomic mass is 10.2. The summed E-state index contributed by atoms with van der Waals surface area (Å²) in [5.41, 5.74) is 1.06. The maximum Gasteiger partial charge on any atom is 0.183 e. The first kappa shape index (κ1) is 16.7. The number of aromatic nitrogens is 1. The van der Waals surface area contributed by atoms with Crippen molar-refractivity contribution in [3.63, 3.8) is 0 Å². The van der Waals surface area contributed by atoms with Crippen LogP contribution >= 0.6 is 27.3 Å². The quantitative estimate of drug-likeness (QED) is 0.710. The van der Waals surface area contributed by atoms with Crippen molar-refractivity contribution in [1.82, 2.24) is 9.88 Å². The van der Waals surface area contributed by atoms with Crippen molar-refractivity contribution in [3.8, 4) is 0 Å². The molecule has 1 heterocycles. The van der Waals surface area contributed by atoms with Crippen LogP contribution in [0.1, 0.15) is 33.6 Å². The van der Waals surface area contributed by atoms with Gasteiger partial charge in [-0.05, 0) is 57.6 Å². The van der Waals surface area contributed by atoms with Gasteiger partial charge in [-0.15, -0.1) is 0 Å². The Morgan fingerprint density at radius 3 is 2.81 bits per heavy atom. The van der Waals surface area contributed by atoms with Gasteiger partial charge >= 0.3 is 0 Å². The Labute approximate surface area is 139 Å². The molecular weight excluding hydrogens is 346 g/mol. The predicted molar refractivity (Wildman–Crippen MR) is 97.4 cm³/mol. The molecule has 1 aromatic carbocycles. The number of hydrogen-bond acceptors (Lipinski definition) is 4. The van der Waals surface area contributed by atoms with Crippen LogP contribution in [0.25, 0.3) is 10.2 Å². The molecule has 1 atom stereocenters. The molecule has 1 aromatic heterocycles. The van der Waals surface area contributed by atoms with E-state index in [4.69, 9.17) is 0 Å². The Balaban J connectivity index is 1.85. The van der Waals surface area contributed by atoms with Crippen LogP contribution < -0.4 is 5.32 Å². The molecule has 0 radical (unpaired) electrons. The summed E-state index contributed by atoms with van der Waals surface area (Å²) in [7, 11) is 0. The molecule has 1 unspecified atom stereocenters. The molecule has 0 saturated carbocycles. The van der Waals surface area contributed by atoms with Crippen LogP contribution in [0.3, 0.4) is 0 Å². The average molecular weight is 370 g/mol. The molecule has 1 N–H and O–H groups in total. The number of nitrogens with one attached hydrogen (secondary N) is 1. The highest BCUT2D eigenvalue weighted by Crippen LogP contribution is 2.28. The van der Waals surface area contributed by atoms with Gasteiger partial charge in [0, 0.05) is 10.5 Å². The summed E-state index contributed by atoms with van der Waals surface area (Å²) < 4.78 is 2.31. The van der Waals surface area contributed by atoms with E-state index in [9.17, 15) is 0 Å². The number of halogens is 1. The zero-order valence-electron chi connectivity index (χ0n) is 13.0. The lowest BCUT2D eigenvalue weighted by molar-refractivity contribution is 0.295. The minimum absolute atomic E-state index is 0.463. The van der Waals surface area contributed by atoms with Crippen LogP contribution in [0.15, 0.2) is 22.7 Å². The van der Waals surface area contributed by atoms with Crippen molar-refractivity contribution in [2.45, 2.75) is 39.7 Å². The predicted octanol–water partition coefficient (Wildman–Crippen LogP) is 4.98.